The predicted octanol–water partition coefficient (Wildman–Crippen LogP) is 1.89. The predicted molar refractivity (Wildman–Crippen MR) is 60.3 cm³/mol. The first kappa shape index (κ1) is 12.2. The van der Waals surface area contributed by atoms with Crippen LogP contribution in [0, 0.1) is 12.8 Å². The third-order valence-corrected chi connectivity index (χ3v) is 2.06. The van der Waals surface area contributed by atoms with Gasteiger partial charge >= 0.3 is 0 Å². The second-order valence-electron chi connectivity index (χ2n) is 4.12. The Balaban J connectivity index is 2.36. The van der Waals surface area contributed by atoms with E-state index in [0.717, 1.165) is 18.8 Å². The van der Waals surface area contributed by atoms with Crippen molar-refractivity contribution in [3.63, 3.8) is 0 Å². The summed E-state index contributed by atoms with van der Waals surface area (Å²) in [7, 11) is 0. The lowest BCUT2D eigenvalue weighted by Gasteiger charge is -2.08. The first-order valence-corrected chi connectivity index (χ1v) is 5.51. The van der Waals surface area contributed by atoms with Crippen LogP contribution in [0.4, 0.5) is 0 Å². The molecule has 0 aromatic carbocycles. The molecule has 1 heterocycles. The Morgan fingerprint density at radius 1 is 1.53 bits per heavy atom. The molecule has 0 bridgehead atoms. The third-order valence-electron chi connectivity index (χ3n) is 2.06. The minimum atomic E-state index is 0.551. The molecule has 0 spiro atoms. The Morgan fingerprint density at radius 2 is 2.27 bits per heavy atom. The molecular formula is C11H21N3O. The smallest absolute Gasteiger partial charge is 0.0705 e. The number of rotatable bonds is 6. The second-order valence-corrected chi connectivity index (χ2v) is 4.12. The van der Waals surface area contributed by atoms with Crippen LogP contribution in [0.15, 0.2) is 6.07 Å². The Labute approximate surface area is 91.6 Å². The molecule has 0 unspecified atom stereocenters. The zero-order chi connectivity index (χ0) is 11.3. The van der Waals surface area contributed by atoms with E-state index in [0.29, 0.717) is 12.5 Å². The Morgan fingerprint density at radius 3 is 2.87 bits per heavy atom. The summed E-state index contributed by atoms with van der Waals surface area (Å²) in [6, 6.07) is 2.08. The molecule has 0 fully saturated rings. The summed E-state index contributed by atoms with van der Waals surface area (Å²) in [6.07, 6.45) is 0. The highest BCUT2D eigenvalue weighted by atomic mass is 16.6. The SMILES string of the molecule is CCn1nc(C)cc1CNOCC(C)C. The average molecular weight is 211 g/mol. The highest BCUT2D eigenvalue weighted by molar-refractivity contribution is 5.08. The Kier molecular flexibility index (Phi) is 4.78. The van der Waals surface area contributed by atoms with Gasteiger partial charge in [-0.2, -0.15) is 10.6 Å². The quantitative estimate of drug-likeness (QED) is 0.577. The monoisotopic (exact) mass is 211 g/mol. The first-order chi connectivity index (χ1) is 7.13. The molecule has 15 heavy (non-hydrogen) atoms. The third kappa shape index (κ3) is 4.01. The summed E-state index contributed by atoms with van der Waals surface area (Å²) >= 11 is 0. The summed E-state index contributed by atoms with van der Waals surface area (Å²) in [6.45, 7) is 10.7. The number of nitrogens with one attached hydrogen (secondary N) is 1. The van der Waals surface area contributed by atoms with Gasteiger partial charge < -0.3 is 4.84 Å². The first-order valence-electron chi connectivity index (χ1n) is 5.51. The molecular weight excluding hydrogens is 190 g/mol. The normalized spacial score (nSPS) is 11.3. The molecule has 4 nitrogen and oxygen atoms in total. The number of nitrogens with zero attached hydrogens (tertiary/aromatic N) is 2. The van der Waals surface area contributed by atoms with Crippen molar-refractivity contribution >= 4 is 0 Å². The standard InChI is InChI=1S/C11H21N3O/c1-5-14-11(6-10(4)13-14)7-12-15-8-9(2)3/h6,9,12H,5,7-8H2,1-4H3. The van der Waals surface area contributed by atoms with Crippen LogP contribution in [0.3, 0.4) is 0 Å². The van der Waals surface area contributed by atoms with Crippen molar-refractivity contribution < 1.29 is 4.84 Å². The van der Waals surface area contributed by atoms with Gasteiger partial charge in [0.25, 0.3) is 0 Å². The maximum Gasteiger partial charge on any atom is 0.0705 e. The van der Waals surface area contributed by atoms with Crippen LogP contribution < -0.4 is 5.48 Å². The summed E-state index contributed by atoms with van der Waals surface area (Å²) in [4.78, 5) is 5.32. The average Bonchev–Trinajstić information content (AvgIpc) is 2.53. The van der Waals surface area contributed by atoms with Gasteiger partial charge in [0.05, 0.1) is 24.5 Å². The fraction of sp³-hybridized carbons (Fsp3) is 0.727. The van der Waals surface area contributed by atoms with Gasteiger partial charge in [0.15, 0.2) is 0 Å². The zero-order valence-corrected chi connectivity index (χ0v) is 10.1. The Bertz CT molecular complexity index is 294. The molecule has 0 atom stereocenters. The highest BCUT2D eigenvalue weighted by Crippen LogP contribution is 2.03. The van der Waals surface area contributed by atoms with Crippen LogP contribution >= 0.6 is 0 Å². The lowest BCUT2D eigenvalue weighted by molar-refractivity contribution is 0.0184. The molecule has 1 N–H and O–H groups in total. The van der Waals surface area contributed by atoms with Crippen molar-refractivity contribution in [2.24, 2.45) is 5.92 Å². The largest absolute Gasteiger partial charge is 0.301 e. The summed E-state index contributed by atoms with van der Waals surface area (Å²) < 4.78 is 1.99. The van der Waals surface area contributed by atoms with E-state index in [2.05, 4.69) is 37.4 Å². The van der Waals surface area contributed by atoms with Crippen LogP contribution in [0.1, 0.15) is 32.2 Å². The number of hydroxylamine groups is 1. The molecule has 0 saturated carbocycles. The molecule has 0 amide bonds. The maximum absolute atomic E-state index is 5.32. The van der Waals surface area contributed by atoms with Crippen molar-refractivity contribution in [1.82, 2.24) is 15.3 Å². The van der Waals surface area contributed by atoms with Gasteiger partial charge in [0.1, 0.15) is 0 Å². The molecule has 0 aliphatic rings. The lowest BCUT2D eigenvalue weighted by atomic mass is 10.2. The topological polar surface area (TPSA) is 39.1 Å². The van der Waals surface area contributed by atoms with Crippen LogP contribution in [-0.2, 0) is 17.9 Å². The number of hydrogen-bond donors (Lipinski definition) is 1. The molecule has 1 aromatic heterocycles. The minimum Gasteiger partial charge on any atom is -0.301 e. The maximum atomic E-state index is 5.32. The van der Waals surface area contributed by atoms with Crippen LogP contribution in [0.5, 0.6) is 0 Å². The van der Waals surface area contributed by atoms with E-state index < -0.39 is 0 Å². The highest BCUT2D eigenvalue weighted by Gasteiger charge is 2.03. The van der Waals surface area contributed by atoms with Gasteiger partial charge in [-0.1, -0.05) is 13.8 Å². The van der Waals surface area contributed by atoms with E-state index in [1.165, 1.54) is 5.69 Å². The van der Waals surface area contributed by atoms with Crippen LogP contribution in [0.2, 0.25) is 0 Å². The van der Waals surface area contributed by atoms with Crippen LogP contribution in [0.25, 0.3) is 0 Å². The van der Waals surface area contributed by atoms with Crippen molar-refractivity contribution in [3.8, 4) is 0 Å². The van der Waals surface area contributed by atoms with Gasteiger partial charge in [0, 0.05) is 6.54 Å². The molecule has 0 radical (unpaired) electrons. The van der Waals surface area contributed by atoms with Crippen molar-refractivity contribution in [2.75, 3.05) is 6.61 Å². The fourth-order valence-corrected chi connectivity index (χ4v) is 1.37. The summed E-state index contributed by atoms with van der Waals surface area (Å²) in [5, 5.41) is 4.36. The fourth-order valence-electron chi connectivity index (χ4n) is 1.37. The summed E-state index contributed by atoms with van der Waals surface area (Å²) in [5.41, 5.74) is 5.18. The van der Waals surface area contributed by atoms with E-state index in [1.54, 1.807) is 0 Å². The molecule has 4 heteroatoms. The van der Waals surface area contributed by atoms with Crippen molar-refractivity contribution in [1.29, 1.82) is 0 Å². The van der Waals surface area contributed by atoms with Gasteiger partial charge in [-0.25, -0.2) is 0 Å². The van der Waals surface area contributed by atoms with Gasteiger partial charge in [-0.05, 0) is 25.8 Å². The zero-order valence-electron chi connectivity index (χ0n) is 10.1. The number of hydrogen-bond acceptors (Lipinski definition) is 3. The molecule has 0 saturated heterocycles. The molecule has 86 valence electrons. The van der Waals surface area contributed by atoms with Gasteiger partial charge in [-0.3, -0.25) is 4.68 Å². The van der Waals surface area contributed by atoms with E-state index in [1.807, 2.05) is 11.6 Å². The minimum absolute atomic E-state index is 0.551. The molecule has 1 rings (SSSR count). The molecule has 1 aromatic rings. The molecule has 0 aliphatic heterocycles. The van der Waals surface area contributed by atoms with Crippen molar-refractivity contribution in [3.05, 3.63) is 17.5 Å². The van der Waals surface area contributed by atoms with E-state index in [-0.39, 0.29) is 0 Å². The molecule has 0 aliphatic carbocycles. The number of aromatic nitrogens is 2. The van der Waals surface area contributed by atoms with Crippen LogP contribution in [-0.4, -0.2) is 16.4 Å². The van der Waals surface area contributed by atoms with Gasteiger partial charge in [0.2, 0.25) is 0 Å². The van der Waals surface area contributed by atoms with Gasteiger partial charge in [-0.15, -0.1) is 0 Å². The Hall–Kier alpha value is -0.870. The number of aryl methyl sites for hydroxylation is 2. The lowest BCUT2D eigenvalue weighted by Crippen LogP contribution is -2.19. The van der Waals surface area contributed by atoms with E-state index in [4.69, 9.17) is 4.84 Å². The van der Waals surface area contributed by atoms with E-state index in [9.17, 15) is 0 Å². The van der Waals surface area contributed by atoms with E-state index >= 15 is 0 Å². The summed E-state index contributed by atoms with van der Waals surface area (Å²) in [5.74, 6) is 0.551. The second kappa shape index (κ2) is 5.88. The van der Waals surface area contributed by atoms with Crippen molar-refractivity contribution in [2.45, 2.75) is 40.8 Å².